The van der Waals surface area contributed by atoms with Crippen molar-refractivity contribution in [3.8, 4) is 0 Å². The molecule has 6 nitrogen and oxygen atoms in total. The molecule has 0 aliphatic rings. The highest BCUT2D eigenvalue weighted by Crippen LogP contribution is 2.03. The molecule has 0 aromatic heterocycles. The Morgan fingerprint density at radius 2 is 1.94 bits per heavy atom. The van der Waals surface area contributed by atoms with Crippen molar-refractivity contribution in [3.63, 3.8) is 0 Å². The van der Waals surface area contributed by atoms with E-state index >= 15 is 0 Å². The second kappa shape index (κ2) is 8.06. The first-order valence-corrected chi connectivity index (χ1v) is 5.38. The zero-order chi connectivity index (χ0) is 12.6. The Kier molecular flexibility index (Phi) is 7.49. The molecule has 0 fully saturated rings. The SMILES string of the molecule is CC(CC(=O)O)NC(CCCCN)C(=O)O. The summed E-state index contributed by atoms with van der Waals surface area (Å²) in [5.74, 6) is -1.89. The lowest BCUT2D eigenvalue weighted by Crippen LogP contribution is -2.42. The van der Waals surface area contributed by atoms with Crippen LogP contribution in [0.3, 0.4) is 0 Å². The molecular weight excluding hydrogens is 212 g/mol. The van der Waals surface area contributed by atoms with E-state index in [0.29, 0.717) is 13.0 Å². The molecule has 0 radical (unpaired) electrons. The molecule has 2 atom stereocenters. The van der Waals surface area contributed by atoms with Gasteiger partial charge in [0.1, 0.15) is 6.04 Å². The molecule has 0 saturated heterocycles. The molecule has 0 spiro atoms. The van der Waals surface area contributed by atoms with Gasteiger partial charge < -0.3 is 21.3 Å². The van der Waals surface area contributed by atoms with E-state index in [4.69, 9.17) is 15.9 Å². The highest BCUT2D eigenvalue weighted by molar-refractivity contribution is 5.73. The molecule has 0 aliphatic heterocycles. The minimum absolute atomic E-state index is 0.0827. The van der Waals surface area contributed by atoms with Gasteiger partial charge in [0.05, 0.1) is 6.42 Å². The maximum Gasteiger partial charge on any atom is 0.320 e. The molecule has 16 heavy (non-hydrogen) atoms. The Hall–Kier alpha value is -1.14. The minimum atomic E-state index is -0.950. The monoisotopic (exact) mass is 232 g/mol. The van der Waals surface area contributed by atoms with Crippen molar-refractivity contribution in [3.05, 3.63) is 0 Å². The van der Waals surface area contributed by atoms with E-state index in [1.807, 2.05) is 0 Å². The molecular formula is C10H20N2O4. The van der Waals surface area contributed by atoms with Crippen molar-refractivity contribution >= 4 is 11.9 Å². The lowest BCUT2D eigenvalue weighted by atomic mass is 10.1. The van der Waals surface area contributed by atoms with E-state index in [1.165, 1.54) is 0 Å². The Morgan fingerprint density at radius 1 is 1.31 bits per heavy atom. The van der Waals surface area contributed by atoms with Crippen molar-refractivity contribution in [1.82, 2.24) is 5.32 Å². The Bertz CT molecular complexity index is 233. The van der Waals surface area contributed by atoms with E-state index in [2.05, 4.69) is 5.32 Å². The number of hydrogen-bond donors (Lipinski definition) is 4. The number of nitrogens with one attached hydrogen (secondary N) is 1. The fourth-order valence-corrected chi connectivity index (χ4v) is 1.44. The average Bonchev–Trinajstić information content (AvgIpc) is 2.15. The number of hydrogen-bond acceptors (Lipinski definition) is 4. The third-order valence-electron chi connectivity index (χ3n) is 2.21. The number of carbonyl (C=O) groups is 2. The lowest BCUT2D eigenvalue weighted by Gasteiger charge is -2.18. The average molecular weight is 232 g/mol. The number of carboxylic acids is 2. The summed E-state index contributed by atoms with van der Waals surface area (Å²) in [5.41, 5.74) is 5.31. The van der Waals surface area contributed by atoms with Gasteiger partial charge in [0, 0.05) is 6.04 Å². The van der Waals surface area contributed by atoms with E-state index in [9.17, 15) is 9.59 Å². The molecule has 0 heterocycles. The maximum atomic E-state index is 10.9. The molecule has 5 N–H and O–H groups in total. The van der Waals surface area contributed by atoms with E-state index in [1.54, 1.807) is 6.92 Å². The van der Waals surface area contributed by atoms with E-state index < -0.39 is 18.0 Å². The van der Waals surface area contributed by atoms with Crippen LogP contribution >= 0.6 is 0 Å². The molecule has 94 valence electrons. The number of unbranched alkanes of at least 4 members (excludes halogenated alkanes) is 1. The fraction of sp³-hybridized carbons (Fsp3) is 0.800. The van der Waals surface area contributed by atoms with Crippen LogP contribution in [0.15, 0.2) is 0 Å². The summed E-state index contributed by atoms with van der Waals surface area (Å²) in [5, 5.41) is 20.2. The Morgan fingerprint density at radius 3 is 2.38 bits per heavy atom. The zero-order valence-electron chi connectivity index (χ0n) is 9.48. The van der Waals surface area contributed by atoms with Crippen molar-refractivity contribution < 1.29 is 19.8 Å². The highest BCUT2D eigenvalue weighted by Gasteiger charge is 2.19. The summed E-state index contributed by atoms with van der Waals surface area (Å²) in [4.78, 5) is 21.3. The molecule has 0 saturated carbocycles. The summed E-state index contributed by atoms with van der Waals surface area (Å²) in [6.07, 6.45) is 1.89. The molecule has 0 aromatic carbocycles. The van der Waals surface area contributed by atoms with Crippen LogP contribution in [0.5, 0.6) is 0 Å². The molecule has 0 amide bonds. The van der Waals surface area contributed by atoms with Gasteiger partial charge in [-0.1, -0.05) is 6.42 Å². The minimum Gasteiger partial charge on any atom is -0.481 e. The second-order valence-electron chi connectivity index (χ2n) is 3.84. The molecule has 0 rings (SSSR count). The van der Waals surface area contributed by atoms with Crippen LogP contribution in [0.4, 0.5) is 0 Å². The highest BCUT2D eigenvalue weighted by atomic mass is 16.4. The lowest BCUT2D eigenvalue weighted by molar-refractivity contribution is -0.141. The van der Waals surface area contributed by atoms with Gasteiger partial charge in [-0.3, -0.25) is 9.59 Å². The predicted molar refractivity (Wildman–Crippen MR) is 59.2 cm³/mol. The van der Waals surface area contributed by atoms with Crippen molar-refractivity contribution in [2.45, 2.75) is 44.7 Å². The smallest absolute Gasteiger partial charge is 0.320 e. The zero-order valence-corrected chi connectivity index (χ0v) is 9.48. The van der Waals surface area contributed by atoms with Crippen LogP contribution in [0.1, 0.15) is 32.6 Å². The van der Waals surface area contributed by atoms with Crippen LogP contribution in [0, 0.1) is 0 Å². The van der Waals surface area contributed by atoms with E-state index in [0.717, 1.165) is 12.8 Å². The summed E-state index contributed by atoms with van der Waals surface area (Å²) in [6, 6.07) is -1.04. The van der Waals surface area contributed by atoms with E-state index in [-0.39, 0.29) is 12.5 Å². The van der Waals surface area contributed by atoms with Gasteiger partial charge in [0.15, 0.2) is 0 Å². The van der Waals surface area contributed by atoms with Gasteiger partial charge >= 0.3 is 11.9 Å². The first kappa shape index (κ1) is 14.9. The number of carboxylic acid groups (broad SMARTS) is 2. The second-order valence-corrected chi connectivity index (χ2v) is 3.84. The summed E-state index contributed by atoms with van der Waals surface area (Å²) in [7, 11) is 0. The van der Waals surface area contributed by atoms with Crippen molar-refractivity contribution in [2.24, 2.45) is 5.73 Å². The van der Waals surface area contributed by atoms with Gasteiger partial charge in [0.2, 0.25) is 0 Å². The molecule has 6 heteroatoms. The first-order chi connectivity index (χ1) is 7.47. The van der Waals surface area contributed by atoms with Gasteiger partial charge in [0.25, 0.3) is 0 Å². The molecule has 2 unspecified atom stereocenters. The van der Waals surface area contributed by atoms with Gasteiger partial charge in [-0.2, -0.15) is 0 Å². The van der Waals surface area contributed by atoms with Crippen LogP contribution in [-0.2, 0) is 9.59 Å². The summed E-state index contributed by atoms with van der Waals surface area (Å²) < 4.78 is 0. The van der Waals surface area contributed by atoms with Crippen molar-refractivity contribution in [2.75, 3.05) is 6.54 Å². The maximum absolute atomic E-state index is 10.9. The third-order valence-corrected chi connectivity index (χ3v) is 2.21. The van der Waals surface area contributed by atoms with Gasteiger partial charge in [-0.25, -0.2) is 0 Å². The summed E-state index contributed by atoms with van der Waals surface area (Å²) >= 11 is 0. The first-order valence-electron chi connectivity index (χ1n) is 5.38. The Labute approximate surface area is 94.8 Å². The molecule has 0 bridgehead atoms. The largest absolute Gasteiger partial charge is 0.481 e. The normalized spacial score (nSPS) is 14.4. The number of nitrogens with two attached hydrogens (primary N) is 1. The van der Waals surface area contributed by atoms with Crippen LogP contribution in [-0.4, -0.2) is 40.8 Å². The van der Waals surface area contributed by atoms with Gasteiger partial charge in [-0.15, -0.1) is 0 Å². The molecule has 0 aliphatic carbocycles. The number of aliphatic carboxylic acids is 2. The fourth-order valence-electron chi connectivity index (χ4n) is 1.44. The van der Waals surface area contributed by atoms with Crippen molar-refractivity contribution in [1.29, 1.82) is 0 Å². The third kappa shape index (κ3) is 7.19. The van der Waals surface area contributed by atoms with Crippen LogP contribution in [0.25, 0.3) is 0 Å². The van der Waals surface area contributed by atoms with Gasteiger partial charge in [-0.05, 0) is 26.3 Å². The summed E-state index contributed by atoms with van der Waals surface area (Å²) in [6.45, 7) is 2.20. The van der Waals surface area contributed by atoms with Crippen LogP contribution in [0.2, 0.25) is 0 Å². The predicted octanol–water partition coefficient (Wildman–Crippen LogP) is 0.0214. The van der Waals surface area contributed by atoms with Crippen LogP contribution < -0.4 is 11.1 Å². The topological polar surface area (TPSA) is 113 Å². The Balaban J connectivity index is 4.01. The number of rotatable bonds is 9. The standard InChI is InChI=1S/C10H20N2O4/c1-7(6-9(13)14)12-8(10(15)16)4-2-3-5-11/h7-8,12H,2-6,11H2,1H3,(H,13,14)(H,15,16). The molecule has 0 aromatic rings. The quantitative estimate of drug-likeness (QED) is 0.417.